The first kappa shape index (κ1) is 18.0. The van der Waals surface area contributed by atoms with Gasteiger partial charge in [0.25, 0.3) is 0 Å². The highest BCUT2D eigenvalue weighted by Crippen LogP contribution is 2.39. The number of rotatable bonds is 4. The monoisotopic (exact) mass is 391 g/mol. The Morgan fingerprint density at radius 2 is 2.10 bits per heavy atom. The van der Waals surface area contributed by atoms with Gasteiger partial charge in [0.15, 0.2) is 5.52 Å². The Balaban J connectivity index is 1.50. The molecule has 0 bridgehead atoms. The van der Waals surface area contributed by atoms with Crippen molar-refractivity contribution in [3.8, 4) is 17.1 Å². The molecule has 2 aromatic heterocycles. The Hall–Kier alpha value is -3.09. The number of H-pyrrole nitrogens is 1. The van der Waals surface area contributed by atoms with Crippen LogP contribution in [0, 0.1) is 5.92 Å². The van der Waals surface area contributed by atoms with Crippen LogP contribution in [0.3, 0.4) is 0 Å². The number of carbonyl (C=O) groups excluding carboxylic acids is 1. The molecule has 2 aliphatic rings. The second-order valence-corrected chi connectivity index (χ2v) is 8.70. The molecule has 2 atom stereocenters. The van der Waals surface area contributed by atoms with Gasteiger partial charge in [-0.05, 0) is 24.6 Å². The molecule has 0 saturated carbocycles. The molecular formula is C22H25N5O2. The number of carbonyl (C=O) groups is 1. The number of ether oxygens (including phenoxy) is 1. The Labute approximate surface area is 169 Å². The summed E-state index contributed by atoms with van der Waals surface area (Å²) in [7, 11) is 0. The van der Waals surface area contributed by atoms with Crippen LogP contribution in [-0.4, -0.2) is 40.1 Å². The standard InChI is InChI=1S/C22H25N5O2/c1-12(14-7-19(28)23-9-14)29-21-20-18(25-11-26-20)8-16(27-21)13-4-5-15-17(6-13)24-10-22(15,2)3/h4-6,8,11-12,14,24H,7,9-10H2,1-3H3,(H,23,28)(H,25,26)/t12-,14-/m1/s1. The Bertz CT molecular complexity index is 1100. The number of hydrogen-bond donors (Lipinski definition) is 3. The van der Waals surface area contributed by atoms with Crippen molar-refractivity contribution in [2.45, 2.75) is 38.7 Å². The van der Waals surface area contributed by atoms with Gasteiger partial charge in [0.2, 0.25) is 11.8 Å². The zero-order valence-corrected chi connectivity index (χ0v) is 16.9. The van der Waals surface area contributed by atoms with Gasteiger partial charge in [0, 0.05) is 42.1 Å². The fraction of sp³-hybridized carbons (Fsp3) is 0.409. The molecule has 1 fully saturated rings. The maximum atomic E-state index is 11.6. The van der Waals surface area contributed by atoms with Crippen molar-refractivity contribution < 1.29 is 9.53 Å². The molecule has 0 radical (unpaired) electrons. The third kappa shape index (κ3) is 3.10. The summed E-state index contributed by atoms with van der Waals surface area (Å²) in [6, 6.07) is 8.46. The molecule has 1 amide bonds. The van der Waals surface area contributed by atoms with Crippen molar-refractivity contribution in [1.82, 2.24) is 20.3 Å². The number of aromatic nitrogens is 3. The van der Waals surface area contributed by atoms with Gasteiger partial charge in [-0.3, -0.25) is 4.79 Å². The van der Waals surface area contributed by atoms with Crippen LogP contribution in [0.25, 0.3) is 22.3 Å². The van der Waals surface area contributed by atoms with Crippen molar-refractivity contribution in [3.63, 3.8) is 0 Å². The highest BCUT2D eigenvalue weighted by Gasteiger charge is 2.30. The lowest BCUT2D eigenvalue weighted by molar-refractivity contribution is -0.119. The number of fused-ring (bicyclic) bond motifs is 2. The topological polar surface area (TPSA) is 91.9 Å². The Morgan fingerprint density at radius 1 is 1.24 bits per heavy atom. The predicted octanol–water partition coefficient (Wildman–Crippen LogP) is 3.23. The number of pyridine rings is 1. The van der Waals surface area contributed by atoms with Crippen LogP contribution < -0.4 is 15.4 Å². The number of nitrogens with zero attached hydrogens (tertiary/aromatic N) is 2. The number of amides is 1. The molecule has 3 aromatic rings. The van der Waals surface area contributed by atoms with Gasteiger partial charge in [-0.1, -0.05) is 26.0 Å². The smallest absolute Gasteiger partial charge is 0.243 e. The number of anilines is 1. The third-order valence-electron chi connectivity index (χ3n) is 6.11. The molecule has 0 aliphatic carbocycles. The molecule has 2 aliphatic heterocycles. The summed E-state index contributed by atoms with van der Waals surface area (Å²) in [6.07, 6.45) is 2.00. The largest absolute Gasteiger partial charge is 0.473 e. The predicted molar refractivity (Wildman–Crippen MR) is 112 cm³/mol. The van der Waals surface area contributed by atoms with E-state index in [-0.39, 0.29) is 23.3 Å². The molecule has 150 valence electrons. The minimum absolute atomic E-state index is 0.0747. The third-order valence-corrected chi connectivity index (χ3v) is 6.11. The maximum absolute atomic E-state index is 11.6. The highest BCUT2D eigenvalue weighted by atomic mass is 16.5. The molecule has 29 heavy (non-hydrogen) atoms. The van der Waals surface area contributed by atoms with Crippen molar-refractivity contribution in [3.05, 3.63) is 36.2 Å². The summed E-state index contributed by atoms with van der Waals surface area (Å²) in [4.78, 5) is 23.9. The number of imidazole rings is 1. The van der Waals surface area contributed by atoms with E-state index in [4.69, 9.17) is 9.72 Å². The van der Waals surface area contributed by atoms with Crippen LogP contribution in [0.1, 0.15) is 32.8 Å². The second kappa shape index (κ2) is 6.47. The van der Waals surface area contributed by atoms with Crippen LogP contribution in [0.5, 0.6) is 5.88 Å². The van der Waals surface area contributed by atoms with Gasteiger partial charge >= 0.3 is 0 Å². The molecule has 7 heteroatoms. The zero-order chi connectivity index (χ0) is 20.2. The first-order valence-corrected chi connectivity index (χ1v) is 10.1. The summed E-state index contributed by atoms with van der Waals surface area (Å²) in [5.41, 5.74) is 6.06. The highest BCUT2D eigenvalue weighted by molar-refractivity contribution is 5.85. The maximum Gasteiger partial charge on any atom is 0.243 e. The van der Waals surface area contributed by atoms with E-state index in [1.807, 2.05) is 13.0 Å². The van der Waals surface area contributed by atoms with E-state index in [2.05, 4.69) is 52.6 Å². The van der Waals surface area contributed by atoms with E-state index >= 15 is 0 Å². The van der Waals surface area contributed by atoms with Crippen LogP contribution in [0.4, 0.5) is 5.69 Å². The van der Waals surface area contributed by atoms with E-state index in [0.29, 0.717) is 24.4 Å². The normalized spacial score (nSPS) is 20.9. The summed E-state index contributed by atoms with van der Waals surface area (Å²) in [5, 5.41) is 6.37. The van der Waals surface area contributed by atoms with E-state index in [1.165, 1.54) is 5.56 Å². The summed E-state index contributed by atoms with van der Waals surface area (Å²) < 4.78 is 6.20. The molecule has 0 spiro atoms. The lowest BCUT2D eigenvalue weighted by atomic mass is 9.86. The summed E-state index contributed by atoms with van der Waals surface area (Å²) >= 11 is 0. The number of aromatic amines is 1. The SMILES string of the molecule is C[C@@H](Oc1nc(-c2ccc3c(c2)NCC3(C)C)cc2[nH]cnc12)[C@H]1CNC(=O)C1. The average molecular weight is 391 g/mol. The number of hydrogen-bond acceptors (Lipinski definition) is 5. The van der Waals surface area contributed by atoms with Gasteiger partial charge in [-0.2, -0.15) is 0 Å². The van der Waals surface area contributed by atoms with Crippen molar-refractivity contribution in [2.75, 3.05) is 18.4 Å². The van der Waals surface area contributed by atoms with Crippen LogP contribution >= 0.6 is 0 Å². The molecule has 1 aromatic carbocycles. The van der Waals surface area contributed by atoms with E-state index in [9.17, 15) is 4.79 Å². The zero-order valence-electron chi connectivity index (χ0n) is 16.9. The summed E-state index contributed by atoms with van der Waals surface area (Å²) in [5.74, 6) is 0.707. The van der Waals surface area contributed by atoms with Crippen molar-refractivity contribution >= 4 is 22.6 Å². The Morgan fingerprint density at radius 3 is 2.90 bits per heavy atom. The van der Waals surface area contributed by atoms with Gasteiger partial charge in [0.05, 0.1) is 17.5 Å². The molecule has 5 rings (SSSR count). The minimum atomic E-state index is -0.140. The van der Waals surface area contributed by atoms with Gasteiger partial charge in [-0.25, -0.2) is 9.97 Å². The number of nitrogens with one attached hydrogen (secondary N) is 3. The van der Waals surface area contributed by atoms with Crippen LogP contribution in [0.2, 0.25) is 0 Å². The first-order chi connectivity index (χ1) is 13.9. The number of benzene rings is 1. The lowest BCUT2D eigenvalue weighted by Crippen LogP contribution is -2.26. The molecule has 7 nitrogen and oxygen atoms in total. The fourth-order valence-corrected chi connectivity index (χ4v) is 4.23. The first-order valence-electron chi connectivity index (χ1n) is 10.1. The lowest BCUT2D eigenvalue weighted by Gasteiger charge is -2.19. The van der Waals surface area contributed by atoms with E-state index in [1.54, 1.807) is 6.33 Å². The average Bonchev–Trinajstić information content (AvgIpc) is 3.41. The van der Waals surface area contributed by atoms with Crippen LogP contribution in [0.15, 0.2) is 30.6 Å². The van der Waals surface area contributed by atoms with Crippen molar-refractivity contribution in [1.29, 1.82) is 0 Å². The van der Waals surface area contributed by atoms with Crippen molar-refractivity contribution in [2.24, 2.45) is 5.92 Å². The molecule has 3 N–H and O–H groups in total. The minimum Gasteiger partial charge on any atom is -0.473 e. The molecule has 1 saturated heterocycles. The van der Waals surface area contributed by atoms with E-state index in [0.717, 1.165) is 29.0 Å². The quantitative estimate of drug-likeness (QED) is 0.635. The Kier molecular flexibility index (Phi) is 4.01. The molecular weight excluding hydrogens is 366 g/mol. The van der Waals surface area contributed by atoms with Gasteiger partial charge in [0.1, 0.15) is 6.10 Å². The van der Waals surface area contributed by atoms with E-state index < -0.39 is 0 Å². The fourth-order valence-electron chi connectivity index (χ4n) is 4.23. The van der Waals surface area contributed by atoms with Gasteiger partial charge in [-0.15, -0.1) is 0 Å². The molecule has 4 heterocycles. The van der Waals surface area contributed by atoms with Crippen LogP contribution in [-0.2, 0) is 10.2 Å². The second-order valence-electron chi connectivity index (χ2n) is 8.70. The molecule has 0 unspecified atom stereocenters. The van der Waals surface area contributed by atoms with Gasteiger partial charge < -0.3 is 20.4 Å². The summed E-state index contributed by atoms with van der Waals surface area (Å²) in [6.45, 7) is 8.04.